The molecule has 0 aliphatic rings. The monoisotopic (exact) mass is 356 g/mol. The molecule has 2 heterocycles. The lowest BCUT2D eigenvalue weighted by molar-refractivity contribution is -0.389. The van der Waals surface area contributed by atoms with Crippen LogP contribution in [0, 0.1) is 17.0 Å². The van der Waals surface area contributed by atoms with Gasteiger partial charge in [0.05, 0.1) is 16.2 Å². The van der Waals surface area contributed by atoms with Crippen molar-refractivity contribution in [1.82, 2.24) is 25.3 Å². The number of nitrogens with one attached hydrogen (secondary N) is 2. The largest absolute Gasteiger partial charge is 0.358 e. The number of carbonyl (C=O) groups excluding carboxylic acids is 1. The van der Waals surface area contributed by atoms with E-state index in [1.165, 1.54) is 0 Å². The normalized spacial score (nSPS) is 10.6. The van der Waals surface area contributed by atoms with Crippen LogP contribution in [0.25, 0.3) is 0 Å². The molecule has 0 radical (unpaired) electrons. The third kappa shape index (κ3) is 3.88. The van der Waals surface area contributed by atoms with Crippen LogP contribution in [0.5, 0.6) is 0 Å². The average molecular weight is 357 g/mol. The lowest BCUT2D eigenvalue weighted by Gasteiger charge is -2.03. The zero-order valence-corrected chi connectivity index (χ0v) is 12.8. The molecule has 10 heteroatoms. The molecule has 112 valence electrons. The quantitative estimate of drug-likeness (QED) is 0.460. The zero-order chi connectivity index (χ0) is 15.4. The summed E-state index contributed by atoms with van der Waals surface area (Å²) in [6, 6.07) is 1.10. The van der Waals surface area contributed by atoms with E-state index in [2.05, 4.69) is 36.5 Å². The predicted molar refractivity (Wildman–Crippen MR) is 76.9 cm³/mol. The van der Waals surface area contributed by atoms with Crippen LogP contribution in [0.1, 0.15) is 22.6 Å². The van der Waals surface area contributed by atoms with E-state index >= 15 is 0 Å². The summed E-state index contributed by atoms with van der Waals surface area (Å²) in [5.74, 6) is -0.755. The first-order chi connectivity index (χ1) is 9.97. The molecule has 2 rings (SSSR count). The SMILES string of the molecule is Cc1nn(CCCNC(=O)c2cc([N+](=O)[O-])[nH]n2)cc1Br. The highest BCUT2D eigenvalue weighted by atomic mass is 79.9. The van der Waals surface area contributed by atoms with E-state index in [1.54, 1.807) is 4.68 Å². The number of halogens is 1. The van der Waals surface area contributed by atoms with Crippen molar-refractivity contribution < 1.29 is 9.72 Å². The number of aromatic amines is 1. The molecule has 21 heavy (non-hydrogen) atoms. The van der Waals surface area contributed by atoms with Gasteiger partial charge in [-0.2, -0.15) is 5.10 Å². The topological polar surface area (TPSA) is 119 Å². The fourth-order valence-corrected chi connectivity index (χ4v) is 1.98. The average Bonchev–Trinajstić information content (AvgIpc) is 3.03. The molecule has 2 aromatic heterocycles. The van der Waals surface area contributed by atoms with Gasteiger partial charge in [0.25, 0.3) is 5.91 Å². The van der Waals surface area contributed by atoms with Crippen molar-refractivity contribution in [2.75, 3.05) is 6.54 Å². The number of aryl methyl sites for hydroxylation is 2. The van der Waals surface area contributed by atoms with Gasteiger partial charge in [-0.05, 0) is 34.2 Å². The molecule has 0 aromatic carbocycles. The number of hydrogen-bond donors (Lipinski definition) is 2. The third-order valence-electron chi connectivity index (χ3n) is 2.73. The summed E-state index contributed by atoms with van der Waals surface area (Å²) in [6.07, 6.45) is 2.56. The number of nitro groups is 1. The summed E-state index contributed by atoms with van der Waals surface area (Å²) in [5.41, 5.74) is 0.905. The molecule has 0 saturated heterocycles. The Balaban J connectivity index is 1.77. The third-order valence-corrected chi connectivity index (χ3v) is 3.51. The fourth-order valence-electron chi connectivity index (χ4n) is 1.66. The van der Waals surface area contributed by atoms with Crippen LogP contribution in [0.2, 0.25) is 0 Å². The van der Waals surface area contributed by atoms with E-state index in [9.17, 15) is 14.9 Å². The van der Waals surface area contributed by atoms with Gasteiger partial charge >= 0.3 is 5.82 Å². The molecule has 2 aromatic rings. The second-order valence-corrected chi connectivity index (χ2v) is 5.18. The number of nitrogens with zero attached hydrogens (tertiary/aromatic N) is 4. The Bertz CT molecular complexity index is 645. The molecular formula is C11H13BrN6O3. The molecule has 0 saturated carbocycles. The van der Waals surface area contributed by atoms with Crippen molar-refractivity contribution in [3.8, 4) is 0 Å². The van der Waals surface area contributed by atoms with Crippen molar-refractivity contribution in [3.63, 3.8) is 0 Å². The van der Waals surface area contributed by atoms with Crippen molar-refractivity contribution in [2.45, 2.75) is 19.9 Å². The predicted octanol–water partition coefficient (Wildman–Crippen LogP) is 1.41. The van der Waals surface area contributed by atoms with Gasteiger partial charge in [0, 0.05) is 19.3 Å². The van der Waals surface area contributed by atoms with E-state index in [0.717, 1.165) is 16.2 Å². The second kappa shape index (κ2) is 6.48. The summed E-state index contributed by atoms with van der Waals surface area (Å²) in [4.78, 5) is 21.5. The van der Waals surface area contributed by atoms with Crippen LogP contribution in [0.4, 0.5) is 5.82 Å². The Morgan fingerprint density at radius 2 is 2.38 bits per heavy atom. The molecule has 2 N–H and O–H groups in total. The van der Waals surface area contributed by atoms with Gasteiger partial charge in [-0.1, -0.05) is 5.10 Å². The number of aromatic nitrogens is 4. The lowest BCUT2D eigenvalue weighted by Crippen LogP contribution is -2.25. The highest BCUT2D eigenvalue weighted by molar-refractivity contribution is 9.10. The molecule has 1 amide bonds. The molecule has 9 nitrogen and oxygen atoms in total. The van der Waals surface area contributed by atoms with Crippen LogP contribution in [0.15, 0.2) is 16.7 Å². The van der Waals surface area contributed by atoms with Gasteiger partial charge in [-0.3, -0.25) is 9.48 Å². The molecule has 0 aliphatic carbocycles. The van der Waals surface area contributed by atoms with Gasteiger partial charge in [0.1, 0.15) is 0 Å². The summed E-state index contributed by atoms with van der Waals surface area (Å²) in [6.45, 7) is 2.98. The van der Waals surface area contributed by atoms with Gasteiger partial charge < -0.3 is 15.4 Å². The minimum absolute atomic E-state index is 0.000576. The van der Waals surface area contributed by atoms with Crippen LogP contribution in [-0.2, 0) is 6.54 Å². The second-order valence-electron chi connectivity index (χ2n) is 4.33. The van der Waals surface area contributed by atoms with Crippen molar-refractivity contribution in [3.05, 3.63) is 38.2 Å². The number of rotatable bonds is 6. The van der Waals surface area contributed by atoms with E-state index in [-0.39, 0.29) is 11.5 Å². The highest BCUT2D eigenvalue weighted by Gasteiger charge is 2.15. The highest BCUT2D eigenvalue weighted by Crippen LogP contribution is 2.13. The van der Waals surface area contributed by atoms with Crippen LogP contribution in [-0.4, -0.2) is 37.4 Å². The van der Waals surface area contributed by atoms with Gasteiger partial charge in [-0.15, -0.1) is 5.10 Å². The summed E-state index contributed by atoms with van der Waals surface area (Å²) < 4.78 is 2.72. The number of H-pyrrole nitrogens is 1. The maximum atomic E-state index is 11.7. The standard InChI is InChI=1S/C11H13BrN6O3/c1-7-8(12)6-17(16-7)4-2-3-13-11(19)9-5-10(15-14-9)18(20)21/h5-6H,2-4H2,1H3,(H,13,19)(H,14,15). The van der Waals surface area contributed by atoms with Crippen molar-refractivity contribution in [2.24, 2.45) is 0 Å². The van der Waals surface area contributed by atoms with Gasteiger partial charge in [-0.25, -0.2) is 0 Å². The van der Waals surface area contributed by atoms with Gasteiger partial charge in [0.15, 0.2) is 5.69 Å². The Hall–Kier alpha value is -2.23. The first-order valence-corrected chi connectivity index (χ1v) is 6.94. The number of carbonyl (C=O) groups is 1. The summed E-state index contributed by atoms with van der Waals surface area (Å²) >= 11 is 3.37. The molecule has 0 spiro atoms. The number of hydrogen-bond acceptors (Lipinski definition) is 5. The Morgan fingerprint density at radius 3 is 2.95 bits per heavy atom. The smallest absolute Gasteiger partial charge is 0.343 e. The van der Waals surface area contributed by atoms with E-state index in [1.807, 2.05) is 13.1 Å². The minimum atomic E-state index is -0.637. The van der Waals surface area contributed by atoms with Crippen LogP contribution < -0.4 is 5.32 Å². The van der Waals surface area contributed by atoms with Crippen molar-refractivity contribution >= 4 is 27.7 Å². The first-order valence-electron chi connectivity index (χ1n) is 6.15. The zero-order valence-electron chi connectivity index (χ0n) is 11.2. The fraction of sp³-hybridized carbons (Fsp3) is 0.364. The minimum Gasteiger partial charge on any atom is -0.358 e. The Kier molecular flexibility index (Phi) is 4.68. The molecular weight excluding hydrogens is 344 g/mol. The first kappa shape index (κ1) is 15.2. The van der Waals surface area contributed by atoms with E-state index in [0.29, 0.717) is 19.5 Å². The molecule has 0 fully saturated rings. The molecule has 0 atom stereocenters. The van der Waals surface area contributed by atoms with Crippen LogP contribution in [0.3, 0.4) is 0 Å². The van der Waals surface area contributed by atoms with E-state index < -0.39 is 10.8 Å². The Morgan fingerprint density at radius 1 is 1.62 bits per heavy atom. The lowest BCUT2D eigenvalue weighted by atomic mass is 10.3. The molecule has 0 aliphatic heterocycles. The molecule has 0 bridgehead atoms. The maximum Gasteiger partial charge on any atom is 0.343 e. The maximum absolute atomic E-state index is 11.7. The number of amides is 1. The van der Waals surface area contributed by atoms with Gasteiger partial charge in [0.2, 0.25) is 0 Å². The molecule has 0 unspecified atom stereocenters. The van der Waals surface area contributed by atoms with Crippen molar-refractivity contribution in [1.29, 1.82) is 0 Å². The Labute approximate surface area is 128 Å². The summed E-state index contributed by atoms with van der Waals surface area (Å²) in [7, 11) is 0. The summed E-state index contributed by atoms with van der Waals surface area (Å²) in [5, 5.41) is 23.2. The van der Waals surface area contributed by atoms with Crippen LogP contribution >= 0.6 is 15.9 Å². The van der Waals surface area contributed by atoms with E-state index in [4.69, 9.17) is 0 Å².